The van der Waals surface area contributed by atoms with Gasteiger partial charge in [-0.05, 0) is 30.9 Å². The van der Waals surface area contributed by atoms with Crippen molar-refractivity contribution < 1.29 is 29.3 Å². The lowest BCUT2D eigenvalue weighted by atomic mass is 9.76. The fraction of sp³-hybridized carbons (Fsp3) is 0.625. The first-order valence-corrected chi connectivity index (χ1v) is 11.4. The molecule has 2 atom stereocenters. The van der Waals surface area contributed by atoms with Gasteiger partial charge in [-0.1, -0.05) is 30.3 Å². The molecule has 1 aromatic rings. The number of aryl methyl sites for hydroxylation is 1. The van der Waals surface area contributed by atoms with Crippen molar-refractivity contribution in [1.82, 2.24) is 15.1 Å². The van der Waals surface area contributed by atoms with Crippen LogP contribution in [0, 0.1) is 11.3 Å². The molecule has 0 spiro atoms. The molecule has 0 aromatic heterocycles. The third-order valence-electron chi connectivity index (χ3n) is 6.23. The molecule has 0 bridgehead atoms. The van der Waals surface area contributed by atoms with Crippen LogP contribution in [-0.2, 0) is 25.5 Å². The number of hydrogen-bond acceptors (Lipinski definition) is 6. The van der Waals surface area contributed by atoms with Crippen molar-refractivity contribution in [3.8, 4) is 0 Å². The highest BCUT2D eigenvalue weighted by Crippen LogP contribution is 2.42. The standard InChI is InChI=1S/C20H29N3O2.2C2H4O2/c24-19(23-8-10-25-11-9-23)14-22-13-18-12-21-15-20(18,16-22)7-6-17-4-2-1-3-5-17;2*1-2(3)4/h1-5,18,21H,6-16H2;2*1H3,(H,3,4). The van der Waals surface area contributed by atoms with Crippen LogP contribution in [-0.4, -0.2) is 96.9 Å². The predicted molar refractivity (Wildman–Crippen MR) is 124 cm³/mol. The predicted octanol–water partition coefficient (Wildman–Crippen LogP) is 1.18. The minimum atomic E-state index is -0.833. The molecule has 0 saturated carbocycles. The van der Waals surface area contributed by atoms with E-state index in [-0.39, 0.29) is 5.91 Å². The number of carboxylic acids is 2. The van der Waals surface area contributed by atoms with Crippen molar-refractivity contribution >= 4 is 17.8 Å². The molecule has 4 rings (SSSR count). The molecule has 0 radical (unpaired) electrons. The lowest BCUT2D eigenvalue weighted by Crippen LogP contribution is -2.46. The van der Waals surface area contributed by atoms with Crippen molar-refractivity contribution in [2.75, 3.05) is 59.0 Å². The first-order chi connectivity index (χ1) is 15.7. The fourth-order valence-electron chi connectivity index (χ4n) is 4.75. The second kappa shape index (κ2) is 13.3. The van der Waals surface area contributed by atoms with Crippen LogP contribution in [0.5, 0.6) is 0 Å². The summed E-state index contributed by atoms with van der Waals surface area (Å²) < 4.78 is 5.35. The summed E-state index contributed by atoms with van der Waals surface area (Å²) >= 11 is 0. The van der Waals surface area contributed by atoms with Gasteiger partial charge in [0.05, 0.1) is 19.8 Å². The van der Waals surface area contributed by atoms with Gasteiger partial charge in [-0.3, -0.25) is 19.3 Å². The smallest absolute Gasteiger partial charge is 0.300 e. The highest BCUT2D eigenvalue weighted by Gasteiger charge is 2.49. The van der Waals surface area contributed by atoms with Crippen LogP contribution in [0.1, 0.15) is 25.8 Å². The van der Waals surface area contributed by atoms with Gasteiger partial charge < -0.3 is 25.2 Å². The number of benzene rings is 1. The molecule has 9 heteroatoms. The van der Waals surface area contributed by atoms with Crippen molar-refractivity contribution in [3.05, 3.63) is 35.9 Å². The number of carbonyl (C=O) groups is 3. The molecule has 33 heavy (non-hydrogen) atoms. The molecule has 3 fully saturated rings. The van der Waals surface area contributed by atoms with Crippen molar-refractivity contribution in [1.29, 1.82) is 0 Å². The summed E-state index contributed by atoms with van der Waals surface area (Å²) in [7, 11) is 0. The van der Waals surface area contributed by atoms with Crippen molar-refractivity contribution in [3.63, 3.8) is 0 Å². The quantitative estimate of drug-likeness (QED) is 0.596. The Balaban J connectivity index is 0.000000420. The van der Waals surface area contributed by atoms with Gasteiger partial charge in [-0.25, -0.2) is 0 Å². The molecule has 3 aliphatic heterocycles. The van der Waals surface area contributed by atoms with Gasteiger partial charge in [0.15, 0.2) is 0 Å². The molecule has 3 aliphatic rings. The zero-order valence-corrected chi connectivity index (χ0v) is 19.7. The molecule has 0 aliphatic carbocycles. The Bertz CT molecular complexity index is 749. The summed E-state index contributed by atoms with van der Waals surface area (Å²) in [5, 5.41) is 18.4. The average molecular weight is 464 g/mol. The molecule has 1 amide bonds. The number of rotatable bonds is 5. The van der Waals surface area contributed by atoms with E-state index in [0.717, 1.165) is 59.5 Å². The Kier molecular flexibility index (Phi) is 10.8. The van der Waals surface area contributed by atoms with Crippen LogP contribution >= 0.6 is 0 Å². The average Bonchev–Trinajstić information content (AvgIpc) is 3.30. The molecule has 3 saturated heterocycles. The second-order valence-electron chi connectivity index (χ2n) is 8.88. The van der Waals surface area contributed by atoms with E-state index in [1.165, 1.54) is 12.0 Å². The number of hydrogen-bond donors (Lipinski definition) is 3. The van der Waals surface area contributed by atoms with Crippen LogP contribution in [0.4, 0.5) is 0 Å². The van der Waals surface area contributed by atoms with Gasteiger partial charge in [-0.15, -0.1) is 0 Å². The number of nitrogens with zero attached hydrogens (tertiary/aromatic N) is 2. The third-order valence-corrected chi connectivity index (χ3v) is 6.23. The summed E-state index contributed by atoms with van der Waals surface area (Å²) in [6.45, 7) is 9.88. The van der Waals surface area contributed by atoms with E-state index < -0.39 is 11.9 Å². The lowest BCUT2D eigenvalue weighted by molar-refractivity contribution is -0.136. The summed E-state index contributed by atoms with van der Waals surface area (Å²) in [4.78, 5) is 34.9. The Hall–Kier alpha value is -2.49. The van der Waals surface area contributed by atoms with Gasteiger partial charge in [0.25, 0.3) is 11.9 Å². The molecule has 2 unspecified atom stereocenters. The zero-order valence-electron chi connectivity index (χ0n) is 19.7. The maximum Gasteiger partial charge on any atom is 0.300 e. The number of carbonyl (C=O) groups excluding carboxylic acids is 1. The van der Waals surface area contributed by atoms with Crippen LogP contribution in [0.25, 0.3) is 0 Å². The second-order valence-corrected chi connectivity index (χ2v) is 8.88. The summed E-state index contributed by atoms with van der Waals surface area (Å²) in [5.41, 5.74) is 1.76. The maximum atomic E-state index is 12.6. The third kappa shape index (κ3) is 9.11. The molecular weight excluding hydrogens is 426 g/mol. The number of morpholine rings is 1. The zero-order chi connectivity index (χ0) is 24.3. The first-order valence-electron chi connectivity index (χ1n) is 11.4. The van der Waals surface area contributed by atoms with Crippen LogP contribution in [0.15, 0.2) is 30.3 Å². The van der Waals surface area contributed by atoms with Crippen LogP contribution in [0.2, 0.25) is 0 Å². The van der Waals surface area contributed by atoms with E-state index >= 15 is 0 Å². The Morgan fingerprint density at radius 1 is 1.09 bits per heavy atom. The summed E-state index contributed by atoms with van der Waals surface area (Å²) in [6, 6.07) is 10.8. The van der Waals surface area contributed by atoms with Crippen molar-refractivity contribution in [2.24, 2.45) is 11.3 Å². The van der Waals surface area contributed by atoms with Gasteiger partial charge in [0.1, 0.15) is 0 Å². The molecular formula is C24H37N3O6. The lowest BCUT2D eigenvalue weighted by Gasteiger charge is -2.30. The molecule has 184 valence electrons. The fourth-order valence-corrected chi connectivity index (χ4v) is 4.75. The summed E-state index contributed by atoms with van der Waals surface area (Å²) in [6.07, 6.45) is 2.33. The van der Waals surface area contributed by atoms with Gasteiger partial charge in [0, 0.05) is 52.0 Å². The number of amides is 1. The molecule has 9 nitrogen and oxygen atoms in total. The Labute approximate surface area is 195 Å². The number of carboxylic acid groups (broad SMARTS) is 2. The van der Waals surface area contributed by atoms with Crippen LogP contribution in [0.3, 0.4) is 0 Å². The Morgan fingerprint density at radius 2 is 1.70 bits per heavy atom. The van der Waals surface area contributed by atoms with Gasteiger partial charge in [0.2, 0.25) is 5.91 Å². The first kappa shape index (κ1) is 26.8. The maximum absolute atomic E-state index is 12.6. The van der Waals surface area contributed by atoms with Crippen LogP contribution < -0.4 is 5.32 Å². The van der Waals surface area contributed by atoms with Gasteiger partial charge in [-0.2, -0.15) is 0 Å². The number of fused-ring (bicyclic) bond motifs is 1. The molecule has 1 aromatic carbocycles. The van der Waals surface area contributed by atoms with Crippen molar-refractivity contribution in [2.45, 2.75) is 26.7 Å². The van der Waals surface area contributed by atoms with Gasteiger partial charge >= 0.3 is 0 Å². The van der Waals surface area contributed by atoms with E-state index in [2.05, 4.69) is 40.5 Å². The van der Waals surface area contributed by atoms with E-state index in [1.54, 1.807) is 0 Å². The Morgan fingerprint density at radius 3 is 2.30 bits per heavy atom. The van der Waals surface area contributed by atoms with E-state index in [4.69, 9.17) is 24.5 Å². The van der Waals surface area contributed by atoms with E-state index in [1.807, 2.05) is 4.90 Å². The SMILES string of the molecule is CC(=O)O.CC(=O)O.O=C(CN1CC2CNCC2(CCc2ccccc2)C1)N1CCOCC1. The van der Waals surface area contributed by atoms with E-state index in [0.29, 0.717) is 31.1 Å². The molecule has 3 heterocycles. The highest BCUT2D eigenvalue weighted by atomic mass is 16.5. The number of likely N-dealkylation sites (tertiary alicyclic amines) is 1. The largest absolute Gasteiger partial charge is 0.481 e. The minimum absolute atomic E-state index is 0.273. The minimum Gasteiger partial charge on any atom is -0.481 e. The number of aliphatic carboxylic acids is 2. The monoisotopic (exact) mass is 463 g/mol. The molecule has 3 N–H and O–H groups in total. The number of ether oxygens (including phenoxy) is 1. The van der Waals surface area contributed by atoms with E-state index in [9.17, 15) is 4.79 Å². The topological polar surface area (TPSA) is 119 Å². The highest BCUT2D eigenvalue weighted by molar-refractivity contribution is 5.78. The normalized spacial score (nSPS) is 24.1. The number of nitrogens with one attached hydrogen (secondary N) is 1. The summed E-state index contributed by atoms with van der Waals surface area (Å²) in [5.74, 6) is -0.719.